The number of nitrogens with zero attached hydrogens (tertiary/aromatic N) is 2. The molecule has 6 nitrogen and oxygen atoms in total. The number of carbonyl (C=O) groups is 1. The Bertz CT molecular complexity index is 406. The van der Waals surface area contributed by atoms with Gasteiger partial charge >= 0.3 is 0 Å². The fourth-order valence-electron chi connectivity index (χ4n) is 1.26. The van der Waals surface area contributed by atoms with Crippen molar-refractivity contribution in [1.82, 2.24) is 9.97 Å². The molecule has 0 saturated carbocycles. The standard InChI is InChI=1S/C11H18N4O2/c1-6(2)8-4-7(3)14-11(15-8)13-5-9(16)10(12)17/h4,6,9,16H,5H2,1-3H3,(H2,12,17)(H,13,14,15). The summed E-state index contributed by atoms with van der Waals surface area (Å²) >= 11 is 0. The lowest BCUT2D eigenvalue weighted by molar-refractivity contribution is -0.125. The van der Waals surface area contributed by atoms with Crippen LogP contribution >= 0.6 is 0 Å². The summed E-state index contributed by atoms with van der Waals surface area (Å²) in [5.74, 6) is -0.0819. The van der Waals surface area contributed by atoms with Gasteiger partial charge in [-0.15, -0.1) is 0 Å². The number of aromatic nitrogens is 2. The summed E-state index contributed by atoms with van der Waals surface area (Å²) in [4.78, 5) is 19.1. The molecule has 17 heavy (non-hydrogen) atoms. The van der Waals surface area contributed by atoms with Crippen molar-refractivity contribution < 1.29 is 9.90 Å². The summed E-state index contributed by atoms with van der Waals surface area (Å²) in [7, 11) is 0. The number of primary amides is 1. The van der Waals surface area contributed by atoms with Crippen molar-refractivity contribution in [3.63, 3.8) is 0 Å². The molecule has 0 spiro atoms. The van der Waals surface area contributed by atoms with Crippen molar-refractivity contribution in [3.05, 3.63) is 17.5 Å². The minimum atomic E-state index is -1.23. The first-order valence-corrected chi connectivity index (χ1v) is 5.47. The van der Waals surface area contributed by atoms with Gasteiger partial charge in [-0.05, 0) is 18.9 Å². The Balaban J connectivity index is 2.74. The van der Waals surface area contributed by atoms with Gasteiger partial charge in [0.2, 0.25) is 11.9 Å². The number of nitrogens with one attached hydrogen (secondary N) is 1. The monoisotopic (exact) mass is 238 g/mol. The number of anilines is 1. The van der Waals surface area contributed by atoms with Gasteiger partial charge in [-0.2, -0.15) is 0 Å². The Kier molecular flexibility index (Phi) is 4.39. The summed E-state index contributed by atoms with van der Waals surface area (Å²) in [6.45, 7) is 5.94. The van der Waals surface area contributed by atoms with Gasteiger partial charge in [-0.3, -0.25) is 4.79 Å². The topological polar surface area (TPSA) is 101 Å². The summed E-state index contributed by atoms with van der Waals surface area (Å²) in [6.07, 6.45) is -1.23. The highest BCUT2D eigenvalue weighted by Crippen LogP contribution is 2.14. The van der Waals surface area contributed by atoms with Gasteiger partial charge in [0.05, 0.1) is 6.54 Å². The number of rotatable bonds is 5. The van der Waals surface area contributed by atoms with E-state index in [9.17, 15) is 9.90 Å². The van der Waals surface area contributed by atoms with Crippen molar-refractivity contribution in [1.29, 1.82) is 0 Å². The van der Waals surface area contributed by atoms with Gasteiger partial charge in [0.15, 0.2) is 0 Å². The zero-order valence-corrected chi connectivity index (χ0v) is 10.3. The molecule has 0 aliphatic carbocycles. The van der Waals surface area contributed by atoms with Crippen LogP contribution in [0, 0.1) is 6.92 Å². The van der Waals surface area contributed by atoms with Gasteiger partial charge in [-0.25, -0.2) is 9.97 Å². The predicted molar refractivity (Wildman–Crippen MR) is 64.5 cm³/mol. The molecule has 0 bridgehead atoms. The Morgan fingerprint density at radius 3 is 2.71 bits per heavy atom. The number of carbonyl (C=O) groups excluding carboxylic acids is 1. The molecule has 1 rings (SSSR count). The average molecular weight is 238 g/mol. The zero-order chi connectivity index (χ0) is 13.0. The molecule has 0 aromatic carbocycles. The molecule has 0 fully saturated rings. The van der Waals surface area contributed by atoms with Crippen LogP contribution in [-0.4, -0.2) is 33.6 Å². The first-order chi connectivity index (χ1) is 7.90. The number of aliphatic hydroxyl groups is 1. The third-order valence-electron chi connectivity index (χ3n) is 2.25. The third kappa shape index (κ3) is 3.99. The van der Waals surface area contributed by atoms with Crippen LogP contribution in [0.3, 0.4) is 0 Å². The molecule has 0 radical (unpaired) electrons. The Morgan fingerprint density at radius 1 is 1.53 bits per heavy atom. The second kappa shape index (κ2) is 5.58. The fourth-order valence-corrected chi connectivity index (χ4v) is 1.26. The highest BCUT2D eigenvalue weighted by molar-refractivity contribution is 5.79. The maximum Gasteiger partial charge on any atom is 0.248 e. The maximum atomic E-state index is 10.7. The van der Waals surface area contributed by atoms with Gasteiger partial charge < -0.3 is 16.2 Å². The molecule has 0 saturated heterocycles. The second-order valence-electron chi connectivity index (χ2n) is 4.21. The molecule has 1 aromatic heterocycles. The van der Waals surface area contributed by atoms with E-state index in [2.05, 4.69) is 15.3 Å². The molecule has 0 aliphatic heterocycles. The van der Waals surface area contributed by atoms with E-state index < -0.39 is 12.0 Å². The van der Waals surface area contributed by atoms with Crippen molar-refractivity contribution in [2.75, 3.05) is 11.9 Å². The van der Waals surface area contributed by atoms with E-state index in [1.807, 2.05) is 26.8 Å². The number of hydrogen-bond donors (Lipinski definition) is 3. The lowest BCUT2D eigenvalue weighted by atomic mass is 10.1. The number of amides is 1. The molecule has 94 valence electrons. The molecule has 1 heterocycles. The lowest BCUT2D eigenvalue weighted by Crippen LogP contribution is -2.34. The molecule has 4 N–H and O–H groups in total. The van der Waals surface area contributed by atoms with Crippen LogP contribution in [0.2, 0.25) is 0 Å². The Labute approximate surface area is 100 Å². The molecule has 0 aliphatic rings. The average Bonchev–Trinajstić information content (AvgIpc) is 2.24. The van der Waals surface area contributed by atoms with E-state index in [0.717, 1.165) is 11.4 Å². The minimum Gasteiger partial charge on any atom is -0.381 e. The van der Waals surface area contributed by atoms with Crippen LogP contribution in [0.1, 0.15) is 31.2 Å². The smallest absolute Gasteiger partial charge is 0.248 e. The first-order valence-electron chi connectivity index (χ1n) is 5.47. The molecular weight excluding hydrogens is 220 g/mol. The normalized spacial score (nSPS) is 12.5. The highest BCUT2D eigenvalue weighted by atomic mass is 16.3. The number of aliphatic hydroxyl groups excluding tert-OH is 1. The molecule has 1 amide bonds. The largest absolute Gasteiger partial charge is 0.381 e. The van der Waals surface area contributed by atoms with E-state index in [0.29, 0.717) is 11.9 Å². The van der Waals surface area contributed by atoms with E-state index >= 15 is 0 Å². The predicted octanol–water partition coefficient (Wildman–Crippen LogP) is 0.167. The first kappa shape index (κ1) is 13.4. The molecule has 1 aromatic rings. The van der Waals surface area contributed by atoms with Crippen LogP contribution in [0.25, 0.3) is 0 Å². The Hall–Kier alpha value is -1.69. The van der Waals surface area contributed by atoms with Crippen LogP contribution in [0.5, 0.6) is 0 Å². The fraction of sp³-hybridized carbons (Fsp3) is 0.545. The molecular formula is C11H18N4O2. The lowest BCUT2D eigenvalue weighted by Gasteiger charge is -2.11. The SMILES string of the molecule is Cc1cc(C(C)C)nc(NCC(O)C(N)=O)n1. The minimum absolute atomic E-state index is 0.0102. The number of aryl methyl sites for hydroxylation is 1. The van der Waals surface area contributed by atoms with Crippen molar-refractivity contribution in [2.24, 2.45) is 5.73 Å². The molecule has 1 unspecified atom stereocenters. The van der Waals surface area contributed by atoms with Crippen LogP contribution < -0.4 is 11.1 Å². The Morgan fingerprint density at radius 2 is 2.18 bits per heavy atom. The van der Waals surface area contributed by atoms with Gasteiger partial charge in [0.25, 0.3) is 0 Å². The summed E-state index contributed by atoms with van der Waals surface area (Å²) in [6, 6.07) is 1.90. The van der Waals surface area contributed by atoms with E-state index in [1.165, 1.54) is 0 Å². The van der Waals surface area contributed by atoms with Gasteiger partial charge in [0.1, 0.15) is 6.10 Å². The van der Waals surface area contributed by atoms with Crippen molar-refractivity contribution >= 4 is 11.9 Å². The highest BCUT2D eigenvalue weighted by Gasteiger charge is 2.11. The van der Waals surface area contributed by atoms with Gasteiger partial charge in [0, 0.05) is 11.4 Å². The third-order valence-corrected chi connectivity index (χ3v) is 2.25. The molecule has 1 atom stereocenters. The van der Waals surface area contributed by atoms with E-state index in [4.69, 9.17) is 5.73 Å². The van der Waals surface area contributed by atoms with Gasteiger partial charge in [-0.1, -0.05) is 13.8 Å². The van der Waals surface area contributed by atoms with E-state index in [-0.39, 0.29) is 6.54 Å². The maximum absolute atomic E-state index is 10.7. The zero-order valence-electron chi connectivity index (χ0n) is 10.3. The van der Waals surface area contributed by atoms with E-state index in [1.54, 1.807) is 0 Å². The van der Waals surface area contributed by atoms with Crippen LogP contribution in [0.4, 0.5) is 5.95 Å². The molecule has 6 heteroatoms. The summed E-state index contributed by atoms with van der Waals surface area (Å²) in [5.41, 5.74) is 6.68. The second-order valence-corrected chi connectivity index (χ2v) is 4.21. The summed E-state index contributed by atoms with van der Waals surface area (Å²) in [5, 5.41) is 12.0. The van der Waals surface area contributed by atoms with Crippen molar-refractivity contribution in [3.8, 4) is 0 Å². The summed E-state index contributed by atoms with van der Waals surface area (Å²) < 4.78 is 0. The number of nitrogens with two attached hydrogens (primary N) is 1. The quantitative estimate of drug-likeness (QED) is 0.678. The van der Waals surface area contributed by atoms with Crippen LogP contribution in [-0.2, 0) is 4.79 Å². The van der Waals surface area contributed by atoms with Crippen LogP contribution in [0.15, 0.2) is 6.07 Å². The number of hydrogen-bond acceptors (Lipinski definition) is 5. The van der Waals surface area contributed by atoms with Crippen molar-refractivity contribution in [2.45, 2.75) is 32.8 Å².